The molecule has 2 aromatic carbocycles. The van der Waals surface area contributed by atoms with Crippen LogP contribution in [0.15, 0.2) is 42.5 Å². The van der Waals surface area contributed by atoms with Crippen LogP contribution in [-0.4, -0.2) is 20.9 Å². The summed E-state index contributed by atoms with van der Waals surface area (Å²) in [6.07, 6.45) is 4.41. The summed E-state index contributed by atoms with van der Waals surface area (Å²) < 4.78 is 1.74. The number of carbonyl (C=O) groups is 1. The minimum Gasteiger partial charge on any atom is -0.288 e. The van der Waals surface area contributed by atoms with E-state index >= 15 is 0 Å². The minimum atomic E-state index is -0.623. The van der Waals surface area contributed by atoms with Gasteiger partial charge in [0.15, 0.2) is 5.69 Å². The van der Waals surface area contributed by atoms with E-state index in [4.69, 9.17) is 34.8 Å². The Morgan fingerprint density at radius 3 is 2.53 bits per heavy atom. The van der Waals surface area contributed by atoms with Crippen LogP contribution in [0.5, 0.6) is 0 Å². The van der Waals surface area contributed by atoms with E-state index in [1.54, 1.807) is 28.4 Å². The van der Waals surface area contributed by atoms with Crippen LogP contribution >= 0.6 is 34.8 Å². The van der Waals surface area contributed by atoms with Crippen LogP contribution < -0.4 is 5.48 Å². The monoisotopic (exact) mass is 463 g/mol. The zero-order valence-corrected chi connectivity index (χ0v) is 18.3. The Morgan fingerprint density at radius 1 is 1.10 bits per heavy atom. The topological polar surface area (TPSA) is 67.2 Å². The van der Waals surface area contributed by atoms with Gasteiger partial charge in [0.2, 0.25) is 0 Å². The number of aromatic nitrogens is 2. The largest absolute Gasteiger partial charge is 0.295 e. The number of hydrogen-bond donors (Lipinski definition) is 2. The SMILES string of the molecule is O=C(NO)c1nn(-c2ccc(Cl)cc2Cl)c2c1CCCCC2Cc1ccc(Cl)cc1. The molecule has 8 heteroatoms. The van der Waals surface area contributed by atoms with Gasteiger partial charge in [0.25, 0.3) is 5.91 Å². The lowest BCUT2D eigenvalue weighted by Crippen LogP contribution is -2.20. The maximum Gasteiger partial charge on any atom is 0.295 e. The highest BCUT2D eigenvalue weighted by molar-refractivity contribution is 6.35. The van der Waals surface area contributed by atoms with Gasteiger partial charge in [-0.2, -0.15) is 5.10 Å². The molecule has 1 aromatic heterocycles. The molecule has 0 fully saturated rings. The number of hydroxylamine groups is 1. The van der Waals surface area contributed by atoms with E-state index in [0.29, 0.717) is 27.2 Å². The number of fused-ring (bicyclic) bond motifs is 1. The highest BCUT2D eigenvalue weighted by Crippen LogP contribution is 2.38. The van der Waals surface area contributed by atoms with Crippen LogP contribution in [0.3, 0.4) is 0 Å². The van der Waals surface area contributed by atoms with Gasteiger partial charge in [-0.15, -0.1) is 0 Å². The van der Waals surface area contributed by atoms with Crippen molar-refractivity contribution >= 4 is 40.7 Å². The first-order valence-electron chi connectivity index (χ1n) is 9.74. The number of carbonyl (C=O) groups excluding carboxylic acids is 1. The normalized spacial score (nSPS) is 16.1. The van der Waals surface area contributed by atoms with Gasteiger partial charge in [0, 0.05) is 21.5 Å². The van der Waals surface area contributed by atoms with Crippen LogP contribution in [0.1, 0.15) is 52.5 Å². The van der Waals surface area contributed by atoms with E-state index in [9.17, 15) is 10.0 Å². The molecule has 1 aliphatic carbocycles. The molecule has 0 radical (unpaired) electrons. The molecule has 0 spiro atoms. The van der Waals surface area contributed by atoms with Crippen LogP contribution in [0.2, 0.25) is 15.1 Å². The standard InChI is InChI=1S/C22H20Cl3N3O2/c23-15-7-5-13(6-8-15)11-14-3-1-2-4-17-20(22(29)27-30)26-28(21(14)17)19-10-9-16(24)12-18(19)25/h5-10,12,14,30H,1-4,11H2,(H,27,29). The average Bonchev–Trinajstić information content (AvgIpc) is 2.98. The summed E-state index contributed by atoms with van der Waals surface area (Å²) in [5.74, 6) is -0.495. The van der Waals surface area contributed by atoms with E-state index < -0.39 is 5.91 Å². The van der Waals surface area contributed by atoms with Gasteiger partial charge < -0.3 is 0 Å². The third kappa shape index (κ3) is 4.21. The summed E-state index contributed by atoms with van der Waals surface area (Å²) in [4.78, 5) is 12.4. The van der Waals surface area contributed by atoms with Gasteiger partial charge in [-0.25, -0.2) is 10.2 Å². The fourth-order valence-electron chi connectivity index (χ4n) is 4.13. The maximum atomic E-state index is 12.4. The molecule has 1 atom stereocenters. The van der Waals surface area contributed by atoms with Crippen molar-refractivity contribution in [2.24, 2.45) is 0 Å². The van der Waals surface area contributed by atoms with Crippen molar-refractivity contribution in [1.29, 1.82) is 0 Å². The smallest absolute Gasteiger partial charge is 0.288 e. The fourth-order valence-corrected chi connectivity index (χ4v) is 4.75. The first kappa shape index (κ1) is 21.2. The minimum absolute atomic E-state index is 0.128. The third-order valence-electron chi connectivity index (χ3n) is 5.49. The number of benzene rings is 2. The Balaban J connectivity index is 1.87. The second kappa shape index (κ2) is 8.98. The number of amides is 1. The Hall–Kier alpha value is -2.05. The van der Waals surface area contributed by atoms with Gasteiger partial charge in [-0.1, -0.05) is 53.4 Å². The van der Waals surface area contributed by atoms with Gasteiger partial charge >= 0.3 is 0 Å². The summed E-state index contributed by atoms with van der Waals surface area (Å²) >= 11 is 18.6. The quantitative estimate of drug-likeness (QED) is 0.282. The zero-order valence-electron chi connectivity index (χ0n) is 16.0. The van der Waals surface area contributed by atoms with Crippen molar-refractivity contribution in [2.45, 2.75) is 38.0 Å². The van der Waals surface area contributed by atoms with Crippen molar-refractivity contribution in [3.05, 3.63) is 80.0 Å². The Morgan fingerprint density at radius 2 is 1.83 bits per heavy atom. The number of halogens is 3. The number of rotatable bonds is 4. The summed E-state index contributed by atoms with van der Waals surface area (Å²) in [5.41, 5.74) is 5.55. The molecule has 0 aliphatic heterocycles. The molecule has 0 saturated carbocycles. The number of nitrogens with zero attached hydrogens (tertiary/aromatic N) is 2. The van der Waals surface area contributed by atoms with Crippen molar-refractivity contribution in [3.63, 3.8) is 0 Å². The van der Waals surface area contributed by atoms with Crippen molar-refractivity contribution in [1.82, 2.24) is 15.3 Å². The molecule has 4 rings (SSSR count). The molecule has 156 valence electrons. The first-order chi connectivity index (χ1) is 14.5. The maximum absolute atomic E-state index is 12.4. The van der Waals surface area contributed by atoms with Crippen LogP contribution in [-0.2, 0) is 12.8 Å². The summed E-state index contributed by atoms with van der Waals surface area (Å²) in [6.45, 7) is 0. The molecule has 2 N–H and O–H groups in total. The molecule has 0 saturated heterocycles. The zero-order chi connectivity index (χ0) is 21.3. The Bertz CT molecular complexity index is 1080. The highest BCUT2D eigenvalue weighted by Gasteiger charge is 2.31. The van der Waals surface area contributed by atoms with E-state index in [-0.39, 0.29) is 11.6 Å². The van der Waals surface area contributed by atoms with Crippen LogP contribution in [0, 0.1) is 0 Å². The van der Waals surface area contributed by atoms with E-state index in [1.165, 1.54) is 0 Å². The number of nitrogens with one attached hydrogen (secondary N) is 1. The molecule has 1 unspecified atom stereocenters. The van der Waals surface area contributed by atoms with Crippen molar-refractivity contribution in [3.8, 4) is 5.69 Å². The van der Waals surface area contributed by atoms with Gasteiger partial charge in [-0.05, 0) is 61.6 Å². The summed E-state index contributed by atoms with van der Waals surface area (Å²) in [5, 5.41) is 15.5. The predicted octanol–water partition coefficient (Wildman–Crippen LogP) is 6.00. The number of hydrogen-bond acceptors (Lipinski definition) is 3. The van der Waals surface area contributed by atoms with Gasteiger partial charge in [0.1, 0.15) is 0 Å². The molecule has 5 nitrogen and oxygen atoms in total. The van der Waals surface area contributed by atoms with Crippen molar-refractivity contribution in [2.75, 3.05) is 0 Å². The van der Waals surface area contributed by atoms with Gasteiger partial charge in [0.05, 0.1) is 16.4 Å². The van der Waals surface area contributed by atoms with Crippen LogP contribution in [0.4, 0.5) is 0 Å². The Labute approximate surface area is 189 Å². The molecular weight excluding hydrogens is 445 g/mol. The van der Waals surface area contributed by atoms with E-state index in [1.807, 2.05) is 24.3 Å². The molecule has 3 aromatic rings. The Kier molecular flexibility index (Phi) is 6.34. The third-order valence-corrected chi connectivity index (χ3v) is 6.28. The second-order valence-electron chi connectivity index (χ2n) is 7.43. The first-order valence-corrected chi connectivity index (χ1v) is 10.9. The second-order valence-corrected chi connectivity index (χ2v) is 8.71. The van der Waals surface area contributed by atoms with E-state index in [2.05, 4.69) is 5.10 Å². The average molecular weight is 465 g/mol. The molecule has 1 aliphatic rings. The molecule has 30 heavy (non-hydrogen) atoms. The molecular formula is C22H20Cl3N3O2. The van der Waals surface area contributed by atoms with Crippen LogP contribution in [0.25, 0.3) is 5.69 Å². The fraction of sp³-hybridized carbons (Fsp3) is 0.273. The summed E-state index contributed by atoms with van der Waals surface area (Å²) in [7, 11) is 0. The summed E-state index contributed by atoms with van der Waals surface area (Å²) in [6, 6.07) is 13.0. The van der Waals surface area contributed by atoms with E-state index in [0.717, 1.165) is 42.5 Å². The van der Waals surface area contributed by atoms with Crippen molar-refractivity contribution < 1.29 is 10.0 Å². The lowest BCUT2D eigenvalue weighted by Gasteiger charge is -2.19. The highest BCUT2D eigenvalue weighted by atomic mass is 35.5. The molecule has 1 heterocycles. The predicted molar refractivity (Wildman–Crippen MR) is 118 cm³/mol. The lowest BCUT2D eigenvalue weighted by molar-refractivity contribution is 0.0699. The lowest BCUT2D eigenvalue weighted by atomic mass is 9.91. The van der Waals surface area contributed by atoms with Gasteiger partial charge in [-0.3, -0.25) is 10.0 Å². The molecule has 0 bridgehead atoms. The molecule has 1 amide bonds.